The molecule has 136 valence electrons. The third-order valence-corrected chi connectivity index (χ3v) is 6.11. The first kappa shape index (κ1) is 17.5. The van der Waals surface area contributed by atoms with Crippen molar-refractivity contribution in [3.63, 3.8) is 0 Å². The van der Waals surface area contributed by atoms with Gasteiger partial charge in [0.15, 0.2) is 6.61 Å². The summed E-state index contributed by atoms with van der Waals surface area (Å²) >= 11 is 0. The minimum absolute atomic E-state index is 0.250. The second kappa shape index (κ2) is 5.91. The zero-order chi connectivity index (χ0) is 17.7. The predicted molar refractivity (Wildman–Crippen MR) is 74.4 cm³/mol. The average Bonchev–Trinajstić information content (AvgIpc) is 2.46. The van der Waals surface area contributed by atoms with Crippen LogP contribution in [0.1, 0.15) is 32.1 Å². The zero-order valence-electron chi connectivity index (χ0n) is 12.7. The number of esters is 2. The fourth-order valence-corrected chi connectivity index (χ4v) is 4.84. The second-order valence-corrected chi connectivity index (χ2v) is 8.42. The Bertz CT molecular complexity index is 618. The SMILES string of the molecule is O=C(COC(=O)C(F)(F)S(=O)(=O)O)OC1C2CC3CC(C2)CC1C3. The van der Waals surface area contributed by atoms with E-state index in [9.17, 15) is 26.8 Å². The number of carbonyl (C=O) groups is 2. The van der Waals surface area contributed by atoms with E-state index in [0.29, 0.717) is 11.8 Å². The van der Waals surface area contributed by atoms with Gasteiger partial charge in [-0.05, 0) is 55.8 Å². The van der Waals surface area contributed by atoms with Crippen LogP contribution in [0, 0.1) is 23.7 Å². The minimum atomic E-state index is -5.95. The summed E-state index contributed by atoms with van der Waals surface area (Å²) in [6.45, 7) is -1.12. The summed E-state index contributed by atoms with van der Waals surface area (Å²) in [5.41, 5.74) is 0. The molecule has 0 aromatic heterocycles. The van der Waals surface area contributed by atoms with Crippen molar-refractivity contribution in [1.29, 1.82) is 0 Å². The largest absolute Gasteiger partial charge is 0.465 e. The summed E-state index contributed by atoms with van der Waals surface area (Å²) in [6.07, 6.45) is 4.83. The lowest BCUT2D eigenvalue weighted by molar-refractivity contribution is -0.182. The van der Waals surface area contributed by atoms with Crippen molar-refractivity contribution >= 4 is 22.1 Å². The van der Waals surface area contributed by atoms with Crippen LogP contribution in [0.3, 0.4) is 0 Å². The van der Waals surface area contributed by atoms with Gasteiger partial charge in [-0.15, -0.1) is 0 Å². The van der Waals surface area contributed by atoms with Crippen LogP contribution >= 0.6 is 0 Å². The molecular weight excluding hydrogens is 350 g/mol. The zero-order valence-corrected chi connectivity index (χ0v) is 13.5. The highest BCUT2D eigenvalue weighted by atomic mass is 32.2. The molecule has 4 bridgehead atoms. The first-order valence-corrected chi connectivity index (χ1v) is 9.23. The first-order valence-electron chi connectivity index (χ1n) is 7.79. The van der Waals surface area contributed by atoms with E-state index < -0.39 is 33.9 Å². The normalized spacial score (nSPS) is 34.9. The van der Waals surface area contributed by atoms with E-state index in [2.05, 4.69) is 4.74 Å². The maximum Gasteiger partial charge on any atom is 0.465 e. The van der Waals surface area contributed by atoms with Crippen LogP contribution in [0.25, 0.3) is 0 Å². The Hall–Kier alpha value is -1.29. The Morgan fingerprint density at radius 1 is 1.04 bits per heavy atom. The molecule has 0 aromatic rings. The minimum Gasteiger partial charge on any atom is -0.459 e. The van der Waals surface area contributed by atoms with Crippen LogP contribution in [0.4, 0.5) is 8.78 Å². The van der Waals surface area contributed by atoms with Crippen molar-refractivity contribution in [1.82, 2.24) is 0 Å². The summed E-state index contributed by atoms with van der Waals surface area (Å²) in [6, 6.07) is 0. The molecule has 4 rings (SSSR count). The van der Waals surface area contributed by atoms with Gasteiger partial charge in [0.1, 0.15) is 6.10 Å². The van der Waals surface area contributed by atoms with E-state index >= 15 is 0 Å². The standard InChI is InChI=1S/C14H18F2O7S/c15-14(16,24(19,20)21)13(18)22-6-11(17)23-12-9-2-7-1-8(4-9)5-10(12)3-7/h7-10,12H,1-6H2,(H,19,20,21). The van der Waals surface area contributed by atoms with Crippen molar-refractivity contribution in [3.05, 3.63) is 0 Å². The third kappa shape index (κ3) is 3.13. The molecule has 0 saturated heterocycles. The number of rotatable bonds is 5. The molecule has 1 N–H and O–H groups in total. The number of hydrogen-bond acceptors (Lipinski definition) is 6. The van der Waals surface area contributed by atoms with E-state index in [-0.39, 0.29) is 17.9 Å². The molecule has 4 fully saturated rings. The van der Waals surface area contributed by atoms with E-state index in [1.807, 2.05) is 0 Å². The van der Waals surface area contributed by atoms with Gasteiger partial charge in [-0.1, -0.05) is 0 Å². The quantitative estimate of drug-likeness (QED) is 0.577. The van der Waals surface area contributed by atoms with Gasteiger partial charge in [-0.25, -0.2) is 9.59 Å². The van der Waals surface area contributed by atoms with Gasteiger partial charge in [-0.2, -0.15) is 17.2 Å². The van der Waals surface area contributed by atoms with E-state index in [1.54, 1.807) is 0 Å². The average molecular weight is 368 g/mol. The van der Waals surface area contributed by atoms with Crippen LogP contribution in [0.15, 0.2) is 0 Å². The monoisotopic (exact) mass is 368 g/mol. The van der Waals surface area contributed by atoms with Gasteiger partial charge in [-0.3, -0.25) is 4.55 Å². The summed E-state index contributed by atoms with van der Waals surface area (Å²) in [5.74, 6) is -1.68. The Labute approximate surface area is 137 Å². The van der Waals surface area contributed by atoms with Crippen molar-refractivity contribution in [2.75, 3.05) is 6.61 Å². The molecule has 10 heteroatoms. The lowest BCUT2D eigenvalue weighted by Gasteiger charge is -2.53. The topological polar surface area (TPSA) is 107 Å². The summed E-state index contributed by atoms with van der Waals surface area (Å²) in [7, 11) is -5.95. The molecule has 0 heterocycles. The molecule has 0 aliphatic heterocycles. The van der Waals surface area contributed by atoms with Crippen LogP contribution in [-0.4, -0.2) is 42.9 Å². The number of ether oxygens (including phenoxy) is 2. The molecule has 4 aliphatic carbocycles. The Balaban J connectivity index is 1.53. The van der Waals surface area contributed by atoms with Gasteiger partial charge in [0, 0.05) is 0 Å². The number of carbonyl (C=O) groups excluding carboxylic acids is 2. The predicted octanol–water partition coefficient (Wildman–Crippen LogP) is 1.38. The van der Waals surface area contributed by atoms with Crippen molar-refractivity contribution in [2.24, 2.45) is 23.7 Å². The molecule has 24 heavy (non-hydrogen) atoms. The molecule has 0 aromatic carbocycles. The molecule has 7 nitrogen and oxygen atoms in total. The molecular formula is C14H18F2O7S. The number of alkyl halides is 2. The highest BCUT2D eigenvalue weighted by Gasteiger charge is 2.54. The molecule has 0 atom stereocenters. The van der Waals surface area contributed by atoms with Gasteiger partial charge in [0.05, 0.1) is 0 Å². The smallest absolute Gasteiger partial charge is 0.459 e. The molecule has 0 radical (unpaired) electrons. The summed E-state index contributed by atoms with van der Waals surface area (Å²) < 4.78 is 64.4. The molecule has 0 spiro atoms. The second-order valence-electron chi connectivity index (χ2n) is 6.95. The fraction of sp³-hybridized carbons (Fsp3) is 0.857. The molecule has 0 unspecified atom stereocenters. The Morgan fingerprint density at radius 3 is 2.00 bits per heavy atom. The van der Waals surface area contributed by atoms with Gasteiger partial charge in [0.2, 0.25) is 0 Å². The molecule has 0 amide bonds. The Kier molecular flexibility index (Phi) is 4.31. The molecule has 4 aliphatic rings. The van der Waals surface area contributed by atoms with Crippen molar-refractivity contribution in [2.45, 2.75) is 43.5 Å². The van der Waals surface area contributed by atoms with Crippen LogP contribution in [0.5, 0.6) is 0 Å². The first-order chi connectivity index (χ1) is 11.1. The number of halogens is 2. The maximum absolute atomic E-state index is 13.0. The summed E-state index contributed by atoms with van der Waals surface area (Å²) in [5, 5.41) is -5.12. The van der Waals surface area contributed by atoms with Gasteiger partial charge >= 0.3 is 27.3 Å². The van der Waals surface area contributed by atoms with E-state index in [1.165, 1.54) is 6.42 Å². The van der Waals surface area contributed by atoms with Crippen LogP contribution in [-0.2, 0) is 29.2 Å². The highest BCUT2D eigenvalue weighted by molar-refractivity contribution is 7.87. The highest BCUT2D eigenvalue weighted by Crippen LogP contribution is 2.54. The van der Waals surface area contributed by atoms with Gasteiger partial charge in [0.25, 0.3) is 0 Å². The van der Waals surface area contributed by atoms with Gasteiger partial charge < -0.3 is 9.47 Å². The summed E-state index contributed by atoms with van der Waals surface area (Å²) in [4.78, 5) is 22.8. The lowest BCUT2D eigenvalue weighted by Crippen LogP contribution is -2.50. The number of hydrogen-bond donors (Lipinski definition) is 1. The van der Waals surface area contributed by atoms with Crippen molar-refractivity contribution in [3.8, 4) is 0 Å². The Morgan fingerprint density at radius 2 is 1.54 bits per heavy atom. The van der Waals surface area contributed by atoms with E-state index in [0.717, 1.165) is 25.7 Å². The maximum atomic E-state index is 13.0. The molecule has 4 saturated carbocycles. The lowest BCUT2D eigenvalue weighted by atomic mass is 9.55. The van der Waals surface area contributed by atoms with E-state index in [4.69, 9.17) is 9.29 Å². The van der Waals surface area contributed by atoms with Crippen LogP contribution in [0.2, 0.25) is 0 Å². The van der Waals surface area contributed by atoms with Crippen molar-refractivity contribution < 1.29 is 40.8 Å². The fourth-order valence-electron chi connectivity index (χ4n) is 4.57. The van der Waals surface area contributed by atoms with Crippen LogP contribution < -0.4 is 0 Å². The third-order valence-electron chi connectivity index (χ3n) is 5.29.